The average Bonchev–Trinajstić information content (AvgIpc) is 2.50. The second-order valence-corrected chi connectivity index (χ2v) is 5.34. The van der Waals surface area contributed by atoms with E-state index in [4.69, 9.17) is 0 Å². The summed E-state index contributed by atoms with van der Waals surface area (Å²) in [5.74, 6) is -3.64. The highest BCUT2D eigenvalue weighted by Gasteiger charge is 2.43. The summed E-state index contributed by atoms with van der Waals surface area (Å²) < 4.78 is 0. The fourth-order valence-electron chi connectivity index (χ4n) is 2.93. The van der Waals surface area contributed by atoms with Gasteiger partial charge in [-0.2, -0.15) is 0 Å². The summed E-state index contributed by atoms with van der Waals surface area (Å²) in [4.78, 5) is 45.9. The Morgan fingerprint density at radius 2 is 1.44 bits per heavy atom. The second-order valence-electron chi connectivity index (χ2n) is 5.34. The summed E-state index contributed by atoms with van der Waals surface area (Å²) in [5, 5.41) is 42.2. The first kappa shape index (κ1) is 16.1. The molecule has 3 rings (SSSR count). The topological polar surface area (TPSA) is 161 Å². The predicted octanol–water partition coefficient (Wildman–Crippen LogP) is 2.00. The molecule has 1 aliphatic carbocycles. The first-order chi connectivity index (χ1) is 11.7. The van der Waals surface area contributed by atoms with Gasteiger partial charge in [0.1, 0.15) is 16.9 Å². The van der Waals surface area contributed by atoms with Gasteiger partial charge < -0.3 is 10.2 Å². The van der Waals surface area contributed by atoms with Crippen LogP contribution in [-0.4, -0.2) is 31.6 Å². The van der Waals surface area contributed by atoms with Crippen molar-refractivity contribution in [1.29, 1.82) is 0 Å². The van der Waals surface area contributed by atoms with Gasteiger partial charge in [-0.25, -0.2) is 0 Å². The van der Waals surface area contributed by atoms with Crippen LogP contribution in [-0.2, 0) is 0 Å². The molecule has 0 radical (unpaired) electrons. The van der Waals surface area contributed by atoms with E-state index in [0.29, 0.717) is 0 Å². The number of rotatable bonds is 2. The lowest BCUT2D eigenvalue weighted by Crippen LogP contribution is -2.24. The standard InChI is InChI=1S/C15H8N2O8/c1-5-4-8(19)13(17(24)25)12-9(5)14(20)11-7(18)3-2-6(16(22)23)10(11)15(12)21/h2-4,18-19H,1H3. The maximum absolute atomic E-state index is 12.8. The van der Waals surface area contributed by atoms with E-state index in [0.717, 1.165) is 18.2 Å². The molecule has 2 aromatic rings. The molecule has 0 amide bonds. The van der Waals surface area contributed by atoms with Crippen molar-refractivity contribution in [2.45, 2.75) is 6.92 Å². The largest absolute Gasteiger partial charge is 0.507 e. The number of hydrogen-bond acceptors (Lipinski definition) is 8. The van der Waals surface area contributed by atoms with Gasteiger partial charge in [0.25, 0.3) is 5.69 Å². The van der Waals surface area contributed by atoms with Gasteiger partial charge in [0.2, 0.25) is 5.78 Å². The monoisotopic (exact) mass is 344 g/mol. The number of phenolic OH excluding ortho intramolecular Hbond substituents is 2. The van der Waals surface area contributed by atoms with Gasteiger partial charge in [0.05, 0.1) is 15.4 Å². The molecule has 1 aliphatic rings. The smallest absolute Gasteiger partial charge is 0.322 e. The van der Waals surface area contributed by atoms with Gasteiger partial charge in [-0.05, 0) is 24.6 Å². The van der Waals surface area contributed by atoms with Crippen molar-refractivity contribution in [2.24, 2.45) is 0 Å². The van der Waals surface area contributed by atoms with Gasteiger partial charge in [-0.3, -0.25) is 29.8 Å². The fourth-order valence-corrected chi connectivity index (χ4v) is 2.93. The Morgan fingerprint density at radius 1 is 0.840 bits per heavy atom. The maximum atomic E-state index is 12.8. The second kappa shape index (κ2) is 5.09. The molecule has 0 saturated heterocycles. The minimum atomic E-state index is -1.18. The van der Waals surface area contributed by atoms with Crippen LogP contribution in [0.4, 0.5) is 11.4 Å². The van der Waals surface area contributed by atoms with Gasteiger partial charge in [0, 0.05) is 11.6 Å². The van der Waals surface area contributed by atoms with E-state index in [1.165, 1.54) is 6.92 Å². The minimum absolute atomic E-state index is 0.0630. The van der Waals surface area contributed by atoms with Crippen LogP contribution in [0.25, 0.3) is 0 Å². The Hall–Kier alpha value is -3.82. The van der Waals surface area contributed by atoms with Crippen molar-refractivity contribution in [3.8, 4) is 11.5 Å². The molecule has 0 atom stereocenters. The SMILES string of the molecule is Cc1cc(O)c([N+](=O)[O-])c2c1C(=O)c1c(O)ccc([N+](=O)[O-])c1C2=O. The number of aryl methyl sites for hydroxylation is 1. The van der Waals surface area contributed by atoms with Crippen LogP contribution in [0, 0.1) is 27.2 Å². The molecule has 0 saturated carbocycles. The number of nitro benzene ring substituents is 2. The molecule has 10 heteroatoms. The Bertz CT molecular complexity index is 1020. The molecule has 0 aromatic heterocycles. The molecular weight excluding hydrogens is 336 g/mol. The molecular formula is C15H8N2O8. The Morgan fingerprint density at radius 3 is 2.00 bits per heavy atom. The van der Waals surface area contributed by atoms with E-state index in [2.05, 4.69) is 0 Å². The van der Waals surface area contributed by atoms with Gasteiger partial charge >= 0.3 is 5.69 Å². The zero-order valence-corrected chi connectivity index (χ0v) is 12.5. The maximum Gasteiger partial charge on any atom is 0.322 e. The quantitative estimate of drug-likeness (QED) is 0.527. The Labute approximate surface area is 138 Å². The van der Waals surface area contributed by atoms with E-state index < -0.39 is 61.0 Å². The van der Waals surface area contributed by atoms with Crippen LogP contribution in [0.15, 0.2) is 18.2 Å². The molecule has 0 bridgehead atoms. The zero-order valence-electron chi connectivity index (χ0n) is 12.5. The number of nitrogens with zero attached hydrogens (tertiary/aromatic N) is 2. The normalized spacial score (nSPS) is 12.5. The van der Waals surface area contributed by atoms with Crippen LogP contribution >= 0.6 is 0 Å². The summed E-state index contributed by atoms with van der Waals surface area (Å²) in [6.07, 6.45) is 0. The number of phenols is 2. The third-order valence-corrected chi connectivity index (χ3v) is 3.93. The lowest BCUT2D eigenvalue weighted by Gasteiger charge is -2.20. The number of benzene rings is 2. The van der Waals surface area contributed by atoms with Gasteiger partial charge in [0.15, 0.2) is 11.5 Å². The van der Waals surface area contributed by atoms with Crippen LogP contribution in [0.3, 0.4) is 0 Å². The molecule has 0 spiro atoms. The molecule has 0 heterocycles. The molecule has 0 fully saturated rings. The summed E-state index contributed by atoms with van der Waals surface area (Å²) in [5.41, 5.74) is -4.15. The number of carbonyl (C=O) groups is 2. The summed E-state index contributed by atoms with van der Waals surface area (Å²) >= 11 is 0. The summed E-state index contributed by atoms with van der Waals surface area (Å²) in [6.45, 7) is 1.34. The van der Waals surface area contributed by atoms with E-state index in [1.54, 1.807) is 0 Å². The zero-order chi connectivity index (χ0) is 18.6. The lowest BCUT2D eigenvalue weighted by molar-refractivity contribution is -0.386. The van der Waals surface area contributed by atoms with E-state index in [-0.39, 0.29) is 11.1 Å². The third kappa shape index (κ3) is 2.04. The molecule has 0 aliphatic heterocycles. The predicted molar refractivity (Wildman–Crippen MR) is 81.1 cm³/mol. The Kier molecular flexibility index (Phi) is 3.27. The number of aromatic hydroxyl groups is 2. The molecule has 25 heavy (non-hydrogen) atoms. The summed E-state index contributed by atoms with van der Waals surface area (Å²) in [7, 11) is 0. The molecule has 2 aromatic carbocycles. The molecule has 2 N–H and O–H groups in total. The van der Waals surface area contributed by atoms with Crippen molar-refractivity contribution >= 4 is 22.9 Å². The number of nitro groups is 2. The van der Waals surface area contributed by atoms with E-state index in [1.807, 2.05) is 0 Å². The summed E-state index contributed by atoms with van der Waals surface area (Å²) in [6, 6.07) is 2.67. The van der Waals surface area contributed by atoms with Crippen molar-refractivity contribution < 1.29 is 29.6 Å². The van der Waals surface area contributed by atoms with Crippen LogP contribution in [0.1, 0.15) is 37.4 Å². The van der Waals surface area contributed by atoms with Crippen molar-refractivity contribution in [3.63, 3.8) is 0 Å². The number of ketones is 2. The van der Waals surface area contributed by atoms with Crippen LogP contribution in [0.2, 0.25) is 0 Å². The highest BCUT2D eigenvalue weighted by Crippen LogP contribution is 2.44. The van der Waals surface area contributed by atoms with Gasteiger partial charge in [-0.1, -0.05) is 0 Å². The van der Waals surface area contributed by atoms with Gasteiger partial charge in [-0.15, -0.1) is 0 Å². The minimum Gasteiger partial charge on any atom is -0.507 e. The van der Waals surface area contributed by atoms with Crippen LogP contribution < -0.4 is 0 Å². The lowest BCUT2D eigenvalue weighted by atomic mass is 9.80. The van der Waals surface area contributed by atoms with Crippen molar-refractivity contribution in [3.05, 3.63) is 66.2 Å². The van der Waals surface area contributed by atoms with Crippen molar-refractivity contribution in [2.75, 3.05) is 0 Å². The first-order valence-corrected chi connectivity index (χ1v) is 6.77. The molecule has 0 unspecified atom stereocenters. The number of carbonyl (C=O) groups excluding carboxylic acids is 2. The highest BCUT2D eigenvalue weighted by molar-refractivity contribution is 6.32. The highest BCUT2D eigenvalue weighted by atomic mass is 16.6. The van der Waals surface area contributed by atoms with Crippen molar-refractivity contribution in [1.82, 2.24) is 0 Å². The Balaban J connectivity index is 2.51. The fraction of sp³-hybridized carbons (Fsp3) is 0.0667. The molecule has 126 valence electrons. The first-order valence-electron chi connectivity index (χ1n) is 6.77. The molecule has 10 nitrogen and oxygen atoms in total. The average molecular weight is 344 g/mol. The number of hydrogen-bond donors (Lipinski definition) is 2. The number of fused-ring (bicyclic) bond motifs is 2. The van der Waals surface area contributed by atoms with E-state index in [9.17, 15) is 40.0 Å². The third-order valence-electron chi connectivity index (χ3n) is 3.93. The van der Waals surface area contributed by atoms with E-state index >= 15 is 0 Å². The van der Waals surface area contributed by atoms with Crippen LogP contribution in [0.5, 0.6) is 11.5 Å².